The van der Waals surface area contributed by atoms with E-state index in [1.54, 1.807) is 6.07 Å². The standard InChI is InChI=1S/C14H16O2S/c1-3-11-8-9-13(12-6-4-5-7-12)14(10-11)17(2,15)16/h1,8-10,12H,4-7H2,2H3. The summed E-state index contributed by atoms with van der Waals surface area (Å²) in [6, 6.07) is 5.35. The van der Waals surface area contributed by atoms with E-state index in [9.17, 15) is 8.42 Å². The zero-order chi connectivity index (χ0) is 12.5. The molecule has 17 heavy (non-hydrogen) atoms. The van der Waals surface area contributed by atoms with Crippen molar-refractivity contribution in [2.75, 3.05) is 6.26 Å². The van der Waals surface area contributed by atoms with E-state index in [4.69, 9.17) is 6.42 Å². The molecule has 2 rings (SSSR count). The fraction of sp³-hybridized carbons (Fsp3) is 0.429. The zero-order valence-electron chi connectivity index (χ0n) is 9.94. The van der Waals surface area contributed by atoms with Crippen molar-refractivity contribution in [3.63, 3.8) is 0 Å². The second-order valence-corrected chi connectivity index (χ2v) is 6.63. The van der Waals surface area contributed by atoms with Crippen LogP contribution in [-0.2, 0) is 9.84 Å². The van der Waals surface area contributed by atoms with Gasteiger partial charge in [-0.1, -0.05) is 24.8 Å². The minimum atomic E-state index is -3.20. The topological polar surface area (TPSA) is 34.1 Å². The Morgan fingerprint density at radius 3 is 2.47 bits per heavy atom. The summed E-state index contributed by atoms with van der Waals surface area (Å²) in [6.45, 7) is 0. The van der Waals surface area contributed by atoms with Crippen LogP contribution < -0.4 is 0 Å². The first kappa shape index (κ1) is 12.2. The van der Waals surface area contributed by atoms with Gasteiger partial charge in [-0.15, -0.1) is 6.42 Å². The summed E-state index contributed by atoms with van der Waals surface area (Å²) in [5, 5.41) is 0. The molecule has 2 nitrogen and oxygen atoms in total. The summed E-state index contributed by atoms with van der Waals surface area (Å²) in [7, 11) is -3.20. The highest BCUT2D eigenvalue weighted by atomic mass is 32.2. The molecule has 0 radical (unpaired) electrons. The van der Waals surface area contributed by atoms with Gasteiger partial charge < -0.3 is 0 Å². The van der Waals surface area contributed by atoms with E-state index < -0.39 is 9.84 Å². The second-order valence-electron chi connectivity index (χ2n) is 4.65. The van der Waals surface area contributed by atoms with Crippen molar-refractivity contribution in [2.45, 2.75) is 36.5 Å². The molecule has 0 heterocycles. The number of benzene rings is 1. The maximum Gasteiger partial charge on any atom is 0.175 e. The van der Waals surface area contributed by atoms with E-state index in [-0.39, 0.29) is 0 Å². The molecule has 0 saturated heterocycles. The van der Waals surface area contributed by atoms with E-state index in [1.807, 2.05) is 12.1 Å². The fourth-order valence-corrected chi connectivity index (χ4v) is 3.52. The lowest BCUT2D eigenvalue weighted by Crippen LogP contribution is -2.05. The zero-order valence-corrected chi connectivity index (χ0v) is 10.8. The van der Waals surface area contributed by atoms with Gasteiger partial charge in [0.2, 0.25) is 0 Å². The van der Waals surface area contributed by atoms with E-state index in [0.717, 1.165) is 18.4 Å². The van der Waals surface area contributed by atoms with Gasteiger partial charge in [0.15, 0.2) is 9.84 Å². The monoisotopic (exact) mass is 248 g/mol. The predicted octanol–water partition coefficient (Wildman–Crippen LogP) is 2.73. The van der Waals surface area contributed by atoms with Crippen molar-refractivity contribution in [3.05, 3.63) is 29.3 Å². The molecule has 1 aromatic rings. The molecule has 3 heteroatoms. The molecular formula is C14H16O2S. The molecule has 0 spiro atoms. The van der Waals surface area contributed by atoms with Crippen LogP contribution in [0.1, 0.15) is 42.7 Å². The molecule has 0 aliphatic heterocycles. The van der Waals surface area contributed by atoms with Gasteiger partial charge >= 0.3 is 0 Å². The third kappa shape index (κ3) is 2.53. The van der Waals surface area contributed by atoms with Crippen LogP contribution in [0.15, 0.2) is 23.1 Å². The van der Waals surface area contributed by atoms with Crippen LogP contribution in [0.2, 0.25) is 0 Å². The summed E-state index contributed by atoms with van der Waals surface area (Å²) in [5.41, 5.74) is 1.58. The van der Waals surface area contributed by atoms with Crippen molar-refractivity contribution >= 4 is 9.84 Å². The average Bonchev–Trinajstić information content (AvgIpc) is 2.80. The normalized spacial score (nSPS) is 16.9. The number of hydrogen-bond donors (Lipinski definition) is 0. The van der Waals surface area contributed by atoms with Gasteiger partial charge in [-0.2, -0.15) is 0 Å². The van der Waals surface area contributed by atoms with Crippen molar-refractivity contribution in [2.24, 2.45) is 0 Å². The lowest BCUT2D eigenvalue weighted by molar-refractivity contribution is 0.597. The van der Waals surface area contributed by atoms with Crippen LogP contribution >= 0.6 is 0 Å². The van der Waals surface area contributed by atoms with E-state index >= 15 is 0 Å². The van der Waals surface area contributed by atoms with E-state index in [0.29, 0.717) is 16.4 Å². The number of sulfone groups is 1. The summed E-state index contributed by atoms with van der Waals surface area (Å²) in [4.78, 5) is 0.417. The first-order valence-electron chi connectivity index (χ1n) is 5.83. The molecule has 0 N–H and O–H groups in total. The molecular weight excluding hydrogens is 232 g/mol. The number of terminal acetylenes is 1. The minimum absolute atomic E-state index is 0.381. The predicted molar refractivity (Wildman–Crippen MR) is 68.7 cm³/mol. The van der Waals surface area contributed by atoms with Gasteiger partial charge in [-0.3, -0.25) is 0 Å². The Balaban J connectivity index is 2.55. The van der Waals surface area contributed by atoms with Crippen LogP contribution in [0.25, 0.3) is 0 Å². The van der Waals surface area contributed by atoms with Crippen molar-refractivity contribution in [3.8, 4) is 12.3 Å². The number of hydrogen-bond acceptors (Lipinski definition) is 2. The summed E-state index contributed by atoms with van der Waals surface area (Å²) in [6.07, 6.45) is 11.1. The van der Waals surface area contributed by atoms with Crippen LogP contribution in [-0.4, -0.2) is 14.7 Å². The molecule has 1 fully saturated rings. The first-order chi connectivity index (χ1) is 8.02. The molecule has 0 unspecified atom stereocenters. The van der Waals surface area contributed by atoms with Gasteiger partial charge in [0.25, 0.3) is 0 Å². The quantitative estimate of drug-likeness (QED) is 0.754. The Morgan fingerprint density at radius 1 is 1.29 bits per heavy atom. The fourth-order valence-electron chi connectivity index (χ4n) is 2.52. The molecule has 0 amide bonds. The lowest BCUT2D eigenvalue weighted by Gasteiger charge is -2.14. The second kappa shape index (κ2) is 4.54. The lowest BCUT2D eigenvalue weighted by atomic mass is 9.96. The molecule has 1 saturated carbocycles. The van der Waals surface area contributed by atoms with Crippen molar-refractivity contribution in [1.82, 2.24) is 0 Å². The minimum Gasteiger partial charge on any atom is -0.224 e. The van der Waals surface area contributed by atoms with Gasteiger partial charge in [-0.05, 0) is 36.5 Å². The smallest absolute Gasteiger partial charge is 0.175 e. The first-order valence-corrected chi connectivity index (χ1v) is 7.72. The van der Waals surface area contributed by atoms with Crippen LogP contribution in [0, 0.1) is 12.3 Å². The highest BCUT2D eigenvalue weighted by molar-refractivity contribution is 7.90. The molecule has 1 aliphatic carbocycles. The SMILES string of the molecule is C#Cc1ccc(C2CCCC2)c(S(C)(=O)=O)c1. The Morgan fingerprint density at radius 2 is 1.94 bits per heavy atom. The molecule has 1 aromatic carbocycles. The van der Waals surface area contributed by atoms with Gasteiger partial charge in [0, 0.05) is 11.8 Å². The highest BCUT2D eigenvalue weighted by Gasteiger charge is 2.23. The Hall–Kier alpha value is -1.27. The van der Waals surface area contributed by atoms with Crippen LogP contribution in [0.5, 0.6) is 0 Å². The van der Waals surface area contributed by atoms with Crippen LogP contribution in [0.3, 0.4) is 0 Å². The van der Waals surface area contributed by atoms with Crippen LogP contribution in [0.4, 0.5) is 0 Å². The molecule has 90 valence electrons. The van der Waals surface area contributed by atoms with E-state index in [2.05, 4.69) is 5.92 Å². The third-order valence-electron chi connectivity index (χ3n) is 3.37. The van der Waals surface area contributed by atoms with Gasteiger partial charge in [0.05, 0.1) is 4.90 Å². The van der Waals surface area contributed by atoms with Crippen molar-refractivity contribution < 1.29 is 8.42 Å². The maximum absolute atomic E-state index is 11.8. The average molecular weight is 248 g/mol. The molecule has 1 aliphatic rings. The summed E-state index contributed by atoms with van der Waals surface area (Å²) < 4.78 is 23.6. The highest BCUT2D eigenvalue weighted by Crippen LogP contribution is 2.37. The summed E-state index contributed by atoms with van der Waals surface area (Å²) >= 11 is 0. The van der Waals surface area contributed by atoms with Gasteiger partial charge in [-0.25, -0.2) is 8.42 Å². The Kier molecular flexibility index (Phi) is 3.26. The molecule has 0 bridgehead atoms. The van der Waals surface area contributed by atoms with E-state index in [1.165, 1.54) is 19.1 Å². The third-order valence-corrected chi connectivity index (χ3v) is 4.53. The summed E-state index contributed by atoms with van der Waals surface area (Å²) in [5.74, 6) is 2.87. The molecule has 0 aromatic heterocycles. The number of rotatable bonds is 2. The van der Waals surface area contributed by atoms with Gasteiger partial charge in [0.1, 0.15) is 0 Å². The maximum atomic E-state index is 11.8. The largest absolute Gasteiger partial charge is 0.224 e. The van der Waals surface area contributed by atoms with Crippen molar-refractivity contribution in [1.29, 1.82) is 0 Å². The molecule has 0 atom stereocenters. The Bertz CT molecular complexity index is 558. The Labute approximate surface area is 103 Å².